The molecule has 0 amide bonds. The average Bonchev–Trinajstić information content (AvgIpc) is 3.29. The molecule has 1 atom stereocenters. The quantitative estimate of drug-likeness (QED) is 0.0199. The van der Waals surface area contributed by atoms with Gasteiger partial charge in [0.15, 0.2) is 6.10 Å². The van der Waals surface area contributed by atoms with Gasteiger partial charge in [-0.25, -0.2) is 0 Å². The van der Waals surface area contributed by atoms with Gasteiger partial charge in [0.25, 0.3) is 0 Å². The van der Waals surface area contributed by atoms with E-state index in [0.29, 0.717) is 19.3 Å². The second-order valence-corrected chi connectivity index (χ2v) is 16.9. The number of carbonyl (C=O) groups excluding carboxylic acids is 3. The van der Waals surface area contributed by atoms with Crippen molar-refractivity contribution in [2.24, 2.45) is 0 Å². The molecule has 0 rings (SSSR count). The summed E-state index contributed by atoms with van der Waals surface area (Å²) in [6.45, 7) is 6.38. The standard InChI is InChI=1S/C58H94O6/c1-4-7-10-13-16-19-22-25-27-28-29-30-31-34-36-39-42-45-48-51-57(60)63-54-55(53-62-56(59)50-47-44-41-38-35-32-24-21-18-15-12-9-6-3)64-58(61)52-49-46-43-40-37-33-26-23-20-17-14-11-8-5-2/h7,10,13,16,19,22,25,27-32,34-36,41,44,55H,4-6,8-9,11-12,14-15,17-18,20-21,23-24,26,33,37-40,42-43,45-54H2,1-3H3/b10-7+,16-13+,22-19+,27-25+,29-28+,31-30+,35-32+,36-34+,44-41+. The average molecular weight is 887 g/mol. The maximum atomic E-state index is 12.8. The monoisotopic (exact) mass is 887 g/mol. The highest BCUT2D eigenvalue weighted by atomic mass is 16.6. The van der Waals surface area contributed by atoms with E-state index < -0.39 is 6.10 Å². The van der Waals surface area contributed by atoms with Crippen LogP contribution in [0.4, 0.5) is 0 Å². The van der Waals surface area contributed by atoms with E-state index in [1.54, 1.807) is 0 Å². The summed E-state index contributed by atoms with van der Waals surface area (Å²) in [6.07, 6.45) is 69.3. The Balaban J connectivity index is 4.55. The molecule has 0 aliphatic heterocycles. The summed E-state index contributed by atoms with van der Waals surface area (Å²) < 4.78 is 16.7. The molecule has 0 saturated carbocycles. The Hall–Kier alpha value is -3.93. The van der Waals surface area contributed by atoms with Gasteiger partial charge in [-0.2, -0.15) is 0 Å². The number of hydrogen-bond acceptors (Lipinski definition) is 6. The van der Waals surface area contributed by atoms with Gasteiger partial charge < -0.3 is 14.2 Å². The highest BCUT2D eigenvalue weighted by Crippen LogP contribution is 2.15. The van der Waals surface area contributed by atoms with E-state index in [-0.39, 0.29) is 37.5 Å². The lowest BCUT2D eigenvalue weighted by molar-refractivity contribution is -0.166. The molecular formula is C58H94O6. The summed E-state index contributed by atoms with van der Waals surface area (Å²) in [5, 5.41) is 0. The minimum Gasteiger partial charge on any atom is -0.462 e. The van der Waals surface area contributed by atoms with Crippen LogP contribution < -0.4 is 0 Å². The molecule has 0 saturated heterocycles. The zero-order chi connectivity index (χ0) is 46.5. The van der Waals surface area contributed by atoms with Crippen molar-refractivity contribution in [3.8, 4) is 0 Å². The maximum Gasteiger partial charge on any atom is 0.306 e. The zero-order valence-corrected chi connectivity index (χ0v) is 41.3. The van der Waals surface area contributed by atoms with Crippen molar-refractivity contribution in [3.05, 3.63) is 109 Å². The Kier molecular flexibility index (Phi) is 48.5. The molecule has 1 unspecified atom stereocenters. The van der Waals surface area contributed by atoms with Crippen LogP contribution in [-0.2, 0) is 28.6 Å². The first-order chi connectivity index (χ1) is 31.5. The summed E-state index contributed by atoms with van der Waals surface area (Å²) in [5.74, 6) is -1.03. The maximum absolute atomic E-state index is 12.8. The number of carbonyl (C=O) groups is 3. The first kappa shape index (κ1) is 60.1. The van der Waals surface area contributed by atoms with Gasteiger partial charge in [0.2, 0.25) is 0 Å². The minimum absolute atomic E-state index is 0.119. The summed E-state index contributed by atoms with van der Waals surface area (Å²) in [6, 6.07) is 0. The van der Waals surface area contributed by atoms with Crippen LogP contribution in [0.15, 0.2) is 109 Å². The lowest BCUT2D eigenvalue weighted by Gasteiger charge is -2.18. The number of esters is 3. The van der Waals surface area contributed by atoms with E-state index in [0.717, 1.165) is 64.2 Å². The number of unbranched alkanes of at least 4 members (excludes halogenated alkanes) is 22. The number of allylic oxidation sites excluding steroid dienone is 18. The normalized spacial score (nSPS) is 13.0. The third-order valence-corrected chi connectivity index (χ3v) is 10.7. The van der Waals surface area contributed by atoms with Crippen molar-refractivity contribution in [1.29, 1.82) is 0 Å². The van der Waals surface area contributed by atoms with Crippen molar-refractivity contribution < 1.29 is 28.6 Å². The third-order valence-electron chi connectivity index (χ3n) is 10.7. The van der Waals surface area contributed by atoms with Crippen molar-refractivity contribution in [2.75, 3.05) is 13.2 Å². The van der Waals surface area contributed by atoms with Crippen LogP contribution >= 0.6 is 0 Å². The predicted molar refractivity (Wildman–Crippen MR) is 274 cm³/mol. The van der Waals surface area contributed by atoms with Crippen LogP contribution in [0, 0.1) is 0 Å². The van der Waals surface area contributed by atoms with E-state index in [9.17, 15) is 14.4 Å². The van der Waals surface area contributed by atoms with Crippen molar-refractivity contribution in [3.63, 3.8) is 0 Å². The van der Waals surface area contributed by atoms with Crippen LogP contribution in [0.3, 0.4) is 0 Å². The van der Waals surface area contributed by atoms with Crippen molar-refractivity contribution in [1.82, 2.24) is 0 Å². The van der Waals surface area contributed by atoms with Gasteiger partial charge in [-0.05, 0) is 57.8 Å². The highest BCUT2D eigenvalue weighted by Gasteiger charge is 2.19. The van der Waals surface area contributed by atoms with Gasteiger partial charge in [0.1, 0.15) is 13.2 Å². The molecule has 362 valence electrons. The molecule has 64 heavy (non-hydrogen) atoms. The lowest BCUT2D eigenvalue weighted by atomic mass is 10.0. The fraction of sp³-hybridized carbons (Fsp3) is 0.638. The molecule has 6 nitrogen and oxygen atoms in total. The van der Waals surface area contributed by atoms with Crippen molar-refractivity contribution >= 4 is 17.9 Å². The van der Waals surface area contributed by atoms with Crippen LogP contribution in [0.5, 0.6) is 0 Å². The van der Waals surface area contributed by atoms with E-state index >= 15 is 0 Å². The van der Waals surface area contributed by atoms with E-state index in [1.807, 2.05) is 79.0 Å². The summed E-state index contributed by atoms with van der Waals surface area (Å²) in [7, 11) is 0. The van der Waals surface area contributed by atoms with Crippen LogP contribution in [0.1, 0.15) is 220 Å². The van der Waals surface area contributed by atoms with Gasteiger partial charge in [0.05, 0.1) is 0 Å². The van der Waals surface area contributed by atoms with E-state index in [1.165, 1.54) is 109 Å². The Labute approximate surface area is 393 Å². The minimum atomic E-state index is -0.819. The number of rotatable bonds is 45. The topological polar surface area (TPSA) is 78.9 Å². The Morgan fingerprint density at radius 2 is 0.703 bits per heavy atom. The first-order valence-corrected chi connectivity index (χ1v) is 26.0. The predicted octanol–water partition coefficient (Wildman–Crippen LogP) is 17.1. The second-order valence-electron chi connectivity index (χ2n) is 16.9. The molecule has 0 aliphatic rings. The smallest absolute Gasteiger partial charge is 0.306 e. The summed E-state index contributed by atoms with van der Waals surface area (Å²) in [4.78, 5) is 37.9. The first-order valence-electron chi connectivity index (χ1n) is 26.0. The largest absolute Gasteiger partial charge is 0.462 e. The second kappa shape index (κ2) is 51.7. The van der Waals surface area contributed by atoms with Gasteiger partial charge in [-0.3, -0.25) is 14.4 Å². The molecule has 0 aromatic rings. The SMILES string of the molecule is CC/C=C/C=C/C=C/C=C/C=C/C=C/C=C/CCCCCC(=O)OCC(COC(=O)CC/C=C/C/C=C/CCCCCCCC)OC(=O)CCCCCCCCCCCCCCCC. The molecule has 6 heteroatoms. The Morgan fingerprint density at radius 1 is 0.344 bits per heavy atom. The van der Waals surface area contributed by atoms with Gasteiger partial charge in [-0.15, -0.1) is 0 Å². The molecule has 0 aromatic heterocycles. The van der Waals surface area contributed by atoms with E-state index in [2.05, 4.69) is 51.2 Å². The lowest BCUT2D eigenvalue weighted by Crippen LogP contribution is -2.30. The molecular weight excluding hydrogens is 793 g/mol. The Morgan fingerprint density at radius 3 is 1.19 bits per heavy atom. The molecule has 0 heterocycles. The van der Waals surface area contributed by atoms with Crippen LogP contribution in [0.25, 0.3) is 0 Å². The van der Waals surface area contributed by atoms with Gasteiger partial charge >= 0.3 is 17.9 Å². The molecule has 0 aromatic carbocycles. The zero-order valence-electron chi connectivity index (χ0n) is 41.3. The molecule has 0 N–H and O–H groups in total. The highest BCUT2D eigenvalue weighted by molar-refractivity contribution is 5.71. The molecule has 0 fully saturated rings. The van der Waals surface area contributed by atoms with Crippen molar-refractivity contribution in [2.45, 2.75) is 226 Å². The molecule has 0 aliphatic carbocycles. The summed E-state index contributed by atoms with van der Waals surface area (Å²) >= 11 is 0. The van der Waals surface area contributed by atoms with Crippen LogP contribution in [-0.4, -0.2) is 37.2 Å². The summed E-state index contributed by atoms with van der Waals surface area (Å²) in [5.41, 5.74) is 0. The third kappa shape index (κ3) is 49.1. The fourth-order valence-electron chi connectivity index (χ4n) is 6.83. The number of ether oxygens (including phenoxy) is 3. The van der Waals surface area contributed by atoms with E-state index in [4.69, 9.17) is 14.2 Å². The Bertz CT molecular complexity index is 1340. The molecule has 0 radical (unpaired) electrons. The van der Waals surface area contributed by atoms with Gasteiger partial charge in [-0.1, -0.05) is 252 Å². The molecule has 0 bridgehead atoms. The number of hydrogen-bond donors (Lipinski definition) is 0. The molecule has 0 spiro atoms. The van der Waals surface area contributed by atoms with Crippen LogP contribution in [0.2, 0.25) is 0 Å². The van der Waals surface area contributed by atoms with Gasteiger partial charge in [0, 0.05) is 19.3 Å². The fourth-order valence-corrected chi connectivity index (χ4v) is 6.83.